The number of benzene rings is 2. The quantitative estimate of drug-likeness (QED) is 0.127. The summed E-state index contributed by atoms with van der Waals surface area (Å²) in [5, 5.41) is 39.9. The van der Waals surface area contributed by atoms with Gasteiger partial charge in [0.2, 0.25) is 0 Å². The van der Waals surface area contributed by atoms with Crippen LogP contribution in [0.15, 0.2) is 30.3 Å². The number of carbonyl (C=O) groups is 2. The molecule has 0 amide bonds. The summed E-state index contributed by atoms with van der Waals surface area (Å²) in [6, 6.07) is 5.62. The summed E-state index contributed by atoms with van der Waals surface area (Å²) in [6.07, 6.45) is 21.1. The third-order valence-electron chi connectivity index (χ3n) is 15.4. The number of fused-ring (bicyclic) bond motifs is 5. The van der Waals surface area contributed by atoms with Gasteiger partial charge >= 0.3 is 11.9 Å². The molecule has 304 valence electrons. The van der Waals surface area contributed by atoms with Crippen LogP contribution in [-0.4, -0.2) is 32.4 Å². The summed E-state index contributed by atoms with van der Waals surface area (Å²) in [6.45, 7) is 12.6. The van der Waals surface area contributed by atoms with Gasteiger partial charge in [0.25, 0.3) is 0 Å². The first-order chi connectivity index (χ1) is 25.5. The Labute approximate surface area is 338 Å². The van der Waals surface area contributed by atoms with Gasteiger partial charge in [-0.1, -0.05) is 89.6 Å². The zero-order valence-electron chi connectivity index (χ0n) is 33.7. The molecule has 9 atom stereocenters. The molecule has 4 unspecified atom stereocenters. The van der Waals surface area contributed by atoms with E-state index < -0.39 is 23.4 Å². The molecule has 2 aromatic rings. The molecule has 55 heavy (non-hydrogen) atoms. The number of allylic oxidation sites excluding steroid dienone is 1. The van der Waals surface area contributed by atoms with Gasteiger partial charge in [-0.05, 0) is 170 Å². The molecule has 0 radical (unpaired) electrons. The number of phenols is 2. The van der Waals surface area contributed by atoms with Crippen LogP contribution >= 0.6 is 23.2 Å². The Hall–Kier alpha value is -2.74. The molecule has 6 rings (SSSR count). The summed E-state index contributed by atoms with van der Waals surface area (Å²) in [5.74, 6) is 2.90. The van der Waals surface area contributed by atoms with E-state index in [9.17, 15) is 30.0 Å². The molecule has 0 aromatic heterocycles. The molecule has 7 nitrogen and oxygen atoms in total. The lowest BCUT2D eigenvalue weighted by Crippen LogP contribution is -2.53. The van der Waals surface area contributed by atoms with Crippen molar-refractivity contribution in [3.63, 3.8) is 0 Å². The Morgan fingerprint density at radius 2 is 1.36 bits per heavy atom. The number of aromatic hydroxyl groups is 2. The lowest BCUT2D eigenvalue weighted by Gasteiger charge is -2.61. The van der Waals surface area contributed by atoms with Crippen molar-refractivity contribution in [3.05, 3.63) is 62.6 Å². The number of rotatable bonds is 13. The lowest BCUT2D eigenvalue weighted by molar-refractivity contribution is -0.121. The van der Waals surface area contributed by atoms with Crippen LogP contribution in [0, 0.1) is 58.2 Å². The van der Waals surface area contributed by atoms with Gasteiger partial charge in [-0.3, -0.25) is 0 Å². The van der Waals surface area contributed by atoms with Crippen molar-refractivity contribution in [2.24, 2.45) is 58.2 Å². The Balaban J connectivity index is 0.00000580. The molecule has 9 heteroatoms. The van der Waals surface area contributed by atoms with E-state index in [-0.39, 0.29) is 27.3 Å². The van der Waals surface area contributed by atoms with Crippen LogP contribution in [0.2, 0.25) is 10.0 Å². The molecule has 0 spiro atoms. The van der Waals surface area contributed by atoms with Gasteiger partial charge in [-0.25, -0.2) is 9.59 Å². The van der Waals surface area contributed by atoms with Gasteiger partial charge in [0, 0.05) is 0 Å². The van der Waals surface area contributed by atoms with Crippen molar-refractivity contribution in [2.75, 3.05) is 0 Å². The third-order valence-corrected chi connectivity index (χ3v) is 15.9. The van der Waals surface area contributed by atoms with Gasteiger partial charge in [0.05, 0.1) is 10.0 Å². The maximum atomic E-state index is 11.9. The highest BCUT2D eigenvalue weighted by molar-refractivity contribution is 6.33. The van der Waals surface area contributed by atoms with Crippen molar-refractivity contribution in [3.8, 4) is 11.5 Å². The number of halogens is 2. The second kappa shape index (κ2) is 17.4. The van der Waals surface area contributed by atoms with Gasteiger partial charge in [0.15, 0.2) is 0 Å². The van der Waals surface area contributed by atoms with E-state index in [4.69, 9.17) is 23.2 Å². The van der Waals surface area contributed by atoms with Crippen LogP contribution in [0.3, 0.4) is 0 Å². The normalized spacial score (nSPS) is 30.4. The molecule has 4 aliphatic rings. The maximum absolute atomic E-state index is 11.9. The molecule has 0 bridgehead atoms. The van der Waals surface area contributed by atoms with Crippen molar-refractivity contribution in [1.29, 1.82) is 0 Å². The monoisotopic (exact) mass is 797 g/mol. The Bertz CT molecular complexity index is 1690. The molecule has 0 saturated heterocycles. The molecule has 4 saturated carbocycles. The van der Waals surface area contributed by atoms with Gasteiger partial charge in [0.1, 0.15) is 22.6 Å². The Morgan fingerprint density at radius 1 is 0.782 bits per heavy atom. The van der Waals surface area contributed by atoms with Gasteiger partial charge in [-0.2, -0.15) is 0 Å². The summed E-state index contributed by atoms with van der Waals surface area (Å²) in [5.41, 5.74) is 1.62. The van der Waals surface area contributed by atoms with Crippen LogP contribution < -0.4 is 6.15 Å². The summed E-state index contributed by atoms with van der Waals surface area (Å²) < 4.78 is 0. The Kier molecular flexibility index (Phi) is 13.7. The number of hydrogen-bond donors (Lipinski definition) is 5. The largest absolute Gasteiger partial charge is 0.505 e. The van der Waals surface area contributed by atoms with Crippen LogP contribution in [0.4, 0.5) is 0 Å². The van der Waals surface area contributed by atoms with E-state index in [1.165, 1.54) is 101 Å². The SMILES string of the molecule is CC(C)CCC[C@@H](C)C1CCC2[C@@H]3CCC4C[C@@H](CCCC=C(c5cc(Cl)c(O)c(C(=O)O)c5)c5cc(Cl)c(O)c(C(=O)O)c5)CC[C@]4(C)C3CC[C@@]21C.N. The highest BCUT2D eigenvalue weighted by Gasteiger charge is 2.60. The van der Waals surface area contributed by atoms with Crippen LogP contribution in [0.1, 0.15) is 163 Å². The molecular weight excluding hydrogens is 733 g/mol. The maximum Gasteiger partial charge on any atom is 0.339 e. The molecule has 2 aromatic carbocycles. The molecule has 0 aliphatic heterocycles. The molecule has 7 N–H and O–H groups in total. The number of carboxylic acid groups (broad SMARTS) is 2. The molecule has 4 fully saturated rings. The van der Waals surface area contributed by atoms with Gasteiger partial charge in [-0.15, -0.1) is 0 Å². The topological polar surface area (TPSA) is 150 Å². The van der Waals surface area contributed by atoms with Crippen LogP contribution in [-0.2, 0) is 0 Å². The van der Waals surface area contributed by atoms with E-state index in [0.717, 1.165) is 54.3 Å². The van der Waals surface area contributed by atoms with Crippen molar-refractivity contribution < 1.29 is 30.0 Å². The standard InChI is InChI=1S/C46H62Cl2O6.H3N/c1-26(2)9-8-10-27(3)36-15-16-37-33-14-13-31-21-28(17-19-45(31,4)38(33)18-20-46(36,37)5)11-6-7-12-32(29-22-34(43(51)52)41(49)39(47)24-29)30-23-35(44(53)54)42(50)40(48)25-30;/h12,22-28,31,33,36-38,49-50H,6-11,13-21H2,1-5H3,(H,51,52)(H,53,54);1H3/t27-,28+,31?,33+,36?,37?,38?,45+,46-;/m1./s1. The second-order valence-electron chi connectivity index (χ2n) is 18.7. The fourth-order valence-corrected chi connectivity index (χ4v) is 13.0. The number of unbranched alkanes of at least 4 members (excludes halogenated alkanes) is 1. The number of aromatic carboxylic acids is 2. The third kappa shape index (κ3) is 8.60. The predicted octanol–water partition coefficient (Wildman–Crippen LogP) is 13.3. The summed E-state index contributed by atoms with van der Waals surface area (Å²) in [7, 11) is 0. The van der Waals surface area contributed by atoms with Crippen molar-refractivity contribution in [1.82, 2.24) is 6.15 Å². The summed E-state index contributed by atoms with van der Waals surface area (Å²) >= 11 is 12.6. The highest BCUT2D eigenvalue weighted by Crippen LogP contribution is 2.69. The zero-order valence-corrected chi connectivity index (χ0v) is 35.2. The van der Waals surface area contributed by atoms with Crippen LogP contribution in [0.25, 0.3) is 5.57 Å². The first-order valence-corrected chi connectivity index (χ1v) is 21.5. The summed E-state index contributed by atoms with van der Waals surface area (Å²) in [4.78, 5) is 23.9. The molecule has 0 heterocycles. The minimum Gasteiger partial charge on any atom is -0.505 e. The first kappa shape index (κ1) is 43.4. The van der Waals surface area contributed by atoms with E-state index in [2.05, 4.69) is 34.6 Å². The van der Waals surface area contributed by atoms with Crippen molar-refractivity contribution >= 4 is 40.7 Å². The molecule has 4 aliphatic carbocycles. The Morgan fingerprint density at radius 3 is 1.95 bits per heavy atom. The van der Waals surface area contributed by atoms with E-state index in [0.29, 0.717) is 39.9 Å². The lowest BCUT2D eigenvalue weighted by atomic mass is 9.44. The second-order valence-corrected chi connectivity index (χ2v) is 19.5. The number of carboxylic acids is 2. The van der Waals surface area contributed by atoms with Crippen molar-refractivity contribution in [2.45, 2.75) is 131 Å². The average Bonchev–Trinajstić information content (AvgIpc) is 3.47. The number of hydrogen-bond acceptors (Lipinski definition) is 5. The fourth-order valence-electron chi connectivity index (χ4n) is 12.5. The van der Waals surface area contributed by atoms with Crippen LogP contribution in [0.5, 0.6) is 11.5 Å². The van der Waals surface area contributed by atoms with Gasteiger partial charge < -0.3 is 26.6 Å². The molecular formula is C46H65Cl2NO6. The fraction of sp³-hybridized carbons (Fsp3) is 0.652. The first-order valence-electron chi connectivity index (χ1n) is 20.8. The average molecular weight is 799 g/mol. The minimum atomic E-state index is -1.33. The smallest absolute Gasteiger partial charge is 0.339 e. The minimum absolute atomic E-state index is 0. The highest BCUT2D eigenvalue weighted by atomic mass is 35.5. The van der Waals surface area contributed by atoms with E-state index in [1.54, 1.807) is 0 Å². The van der Waals surface area contributed by atoms with E-state index >= 15 is 0 Å². The zero-order chi connectivity index (χ0) is 39.1. The van der Waals surface area contributed by atoms with E-state index in [1.807, 2.05) is 6.08 Å². The predicted molar refractivity (Wildman–Crippen MR) is 223 cm³/mol.